The van der Waals surface area contributed by atoms with Crippen LogP contribution in [0.15, 0.2) is 42.5 Å². The number of methoxy groups -OCH3 is 2. The molecule has 138 valence electrons. The summed E-state index contributed by atoms with van der Waals surface area (Å²) in [6.45, 7) is 0.761. The second kappa shape index (κ2) is 9.79. The lowest BCUT2D eigenvalue weighted by Crippen LogP contribution is -2.16. The van der Waals surface area contributed by atoms with Crippen LogP contribution in [0.1, 0.15) is 26.3 Å². The lowest BCUT2D eigenvalue weighted by Gasteiger charge is -2.13. The molecule has 0 saturated carbocycles. The van der Waals surface area contributed by atoms with E-state index in [9.17, 15) is 9.59 Å². The number of hydrogen-bond acceptors (Lipinski definition) is 5. The minimum Gasteiger partial charge on any atom is -0.491 e. The van der Waals surface area contributed by atoms with E-state index in [2.05, 4.69) is 5.32 Å². The predicted molar refractivity (Wildman–Crippen MR) is 99.1 cm³/mol. The quantitative estimate of drug-likeness (QED) is 0.433. The maximum absolute atomic E-state index is 12.5. The van der Waals surface area contributed by atoms with Crippen LogP contribution in [0, 0.1) is 0 Å². The van der Waals surface area contributed by atoms with Crippen LogP contribution in [0.4, 0.5) is 5.69 Å². The molecule has 0 atom stereocenters. The zero-order valence-electron chi connectivity index (χ0n) is 14.6. The molecule has 2 aromatic rings. The van der Waals surface area contributed by atoms with Gasteiger partial charge in [-0.1, -0.05) is 12.1 Å². The van der Waals surface area contributed by atoms with Crippen LogP contribution < -0.4 is 10.1 Å². The third-order valence-electron chi connectivity index (χ3n) is 3.54. The third-order valence-corrected chi connectivity index (χ3v) is 3.85. The minimum atomic E-state index is -0.577. The molecule has 0 aliphatic carbocycles. The standard InChI is InChI=1S/C19H20ClNO5/c1-24-8-9-26-15-6-7-17(16(11-15)19(23)25-2)21-18(22)14-5-3-4-13(10-14)12-20/h3-7,10-11H,8-9,12H2,1-2H3,(H,21,22). The van der Waals surface area contributed by atoms with E-state index in [1.54, 1.807) is 37.4 Å². The minimum absolute atomic E-state index is 0.198. The fraction of sp³-hybridized carbons (Fsp3) is 0.263. The molecule has 0 aromatic heterocycles. The Morgan fingerprint density at radius 2 is 1.88 bits per heavy atom. The Hall–Kier alpha value is -2.57. The second-order valence-corrected chi connectivity index (χ2v) is 5.60. The van der Waals surface area contributed by atoms with Gasteiger partial charge in [0.2, 0.25) is 0 Å². The highest BCUT2D eigenvalue weighted by molar-refractivity contribution is 6.17. The van der Waals surface area contributed by atoms with Gasteiger partial charge in [0, 0.05) is 18.6 Å². The number of amides is 1. The van der Waals surface area contributed by atoms with Gasteiger partial charge in [0.15, 0.2) is 0 Å². The first kappa shape index (κ1) is 19.8. The van der Waals surface area contributed by atoms with Crippen LogP contribution in [0.2, 0.25) is 0 Å². The van der Waals surface area contributed by atoms with Gasteiger partial charge in [-0.2, -0.15) is 0 Å². The van der Waals surface area contributed by atoms with Crippen molar-refractivity contribution in [1.29, 1.82) is 0 Å². The number of nitrogens with one attached hydrogen (secondary N) is 1. The molecule has 0 bridgehead atoms. The zero-order chi connectivity index (χ0) is 18.9. The molecular weight excluding hydrogens is 358 g/mol. The first-order valence-corrected chi connectivity index (χ1v) is 8.43. The number of benzene rings is 2. The number of anilines is 1. The molecule has 1 N–H and O–H groups in total. The number of esters is 1. The van der Waals surface area contributed by atoms with Crippen LogP contribution in [-0.4, -0.2) is 39.3 Å². The van der Waals surface area contributed by atoms with E-state index in [4.69, 9.17) is 25.8 Å². The number of alkyl halides is 1. The molecule has 7 heteroatoms. The van der Waals surface area contributed by atoms with Gasteiger partial charge in [0.25, 0.3) is 5.91 Å². The molecule has 0 fully saturated rings. The van der Waals surface area contributed by atoms with Gasteiger partial charge in [-0.05, 0) is 35.9 Å². The summed E-state index contributed by atoms with van der Waals surface area (Å²) in [6.07, 6.45) is 0. The number of halogens is 1. The summed E-state index contributed by atoms with van der Waals surface area (Å²) < 4.78 is 15.2. The fourth-order valence-corrected chi connectivity index (χ4v) is 2.40. The van der Waals surface area contributed by atoms with E-state index in [0.717, 1.165) is 5.56 Å². The largest absolute Gasteiger partial charge is 0.491 e. The normalized spacial score (nSPS) is 10.3. The molecule has 0 unspecified atom stereocenters. The van der Waals surface area contributed by atoms with Crippen LogP contribution in [-0.2, 0) is 15.4 Å². The van der Waals surface area contributed by atoms with E-state index in [0.29, 0.717) is 36.1 Å². The summed E-state index contributed by atoms with van der Waals surface area (Å²) in [5.74, 6) is -0.144. The molecule has 0 aliphatic rings. The molecule has 0 aliphatic heterocycles. The van der Waals surface area contributed by atoms with Crippen LogP contribution >= 0.6 is 11.6 Å². The van der Waals surface area contributed by atoms with Crippen molar-refractivity contribution in [2.45, 2.75) is 5.88 Å². The van der Waals surface area contributed by atoms with E-state index in [1.807, 2.05) is 6.07 Å². The Labute approximate surface area is 157 Å². The predicted octanol–water partition coefficient (Wildman–Crippen LogP) is 3.49. The molecular formula is C19H20ClNO5. The van der Waals surface area contributed by atoms with Crippen molar-refractivity contribution in [3.63, 3.8) is 0 Å². The van der Waals surface area contributed by atoms with Crippen molar-refractivity contribution in [3.8, 4) is 5.75 Å². The first-order valence-electron chi connectivity index (χ1n) is 7.89. The first-order chi connectivity index (χ1) is 12.6. The number of rotatable bonds is 8. The van der Waals surface area contributed by atoms with E-state index >= 15 is 0 Å². The van der Waals surface area contributed by atoms with Crippen LogP contribution in [0.3, 0.4) is 0 Å². The Morgan fingerprint density at radius 1 is 1.08 bits per heavy atom. The smallest absolute Gasteiger partial charge is 0.340 e. The highest BCUT2D eigenvalue weighted by Crippen LogP contribution is 2.24. The van der Waals surface area contributed by atoms with Gasteiger partial charge in [-0.25, -0.2) is 4.79 Å². The Balaban J connectivity index is 2.23. The van der Waals surface area contributed by atoms with Gasteiger partial charge in [0.05, 0.1) is 25.0 Å². The molecule has 2 rings (SSSR count). The number of carbonyl (C=O) groups excluding carboxylic acids is 2. The summed E-state index contributed by atoms with van der Waals surface area (Å²) in [5, 5.41) is 2.72. The summed E-state index contributed by atoms with van der Waals surface area (Å²) in [6, 6.07) is 11.7. The van der Waals surface area contributed by atoms with E-state index < -0.39 is 5.97 Å². The number of hydrogen-bond donors (Lipinski definition) is 1. The van der Waals surface area contributed by atoms with Gasteiger partial charge in [-0.15, -0.1) is 11.6 Å². The monoisotopic (exact) mass is 377 g/mol. The Kier molecular flexibility index (Phi) is 7.44. The van der Waals surface area contributed by atoms with Crippen molar-refractivity contribution in [3.05, 3.63) is 59.2 Å². The highest BCUT2D eigenvalue weighted by atomic mass is 35.5. The van der Waals surface area contributed by atoms with Crippen molar-refractivity contribution in [1.82, 2.24) is 0 Å². The number of ether oxygens (including phenoxy) is 3. The average molecular weight is 378 g/mol. The third kappa shape index (κ3) is 5.21. The van der Waals surface area contributed by atoms with Gasteiger partial charge in [-0.3, -0.25) is 4.79 Å². The summed E-state index contributed by atoms with van der Waals surface area (Å²) in [4.78, 5) is 24.6. The molecule has 2 aromatic carbocycles. The average Bonchev–Trinajstić information content (AvgIpc) is 2.68. The van der Waals surface area contributed by atoms with Gasteiger partial charge in [0.1, 0.15) is 12.4 Å². The molecule has 26 heavy (non-hydrogen) atoms. The van der Waals surface area contributed by atoms with E-state index in [1.165, 1.54) is 13.2 Å². The van der Waals surface area contributed by atoms with Crippen molar-refractivity contribution in [2.75, 3.05) is 32.8 Å². The topological polar surface area (TPSA) is 73.9 Å². The molecule has 0 heterocycles. The lowest BCUT2D eigenvalue weighted by molar-refractivity contribution is 0.0601. The maximum Gasteiger partial charge on any atom is 0.340 e. The summed E-state index contributed by atoms with van der Waals surface area (Å²) >= 11 is 5.80. The molecule has 0 radical (unpaired) electrons. The lowest BCUT2D eigenvalue weighted by atomic mass is 10.1. The Morgan fingerprint density at radius 3 is 2.58 bits per heavy atom. The zero-order valence-corrected chi connectivity index (χ0v) is 15.3. The maximum atomic E-state index is 12.5. The molecule has 0 spiro atoms. The number of carbonyl (C=O) groups is 2. The van der Waals surface area contributed by atoms with Gasteiger partial charge >= 0.3 is 5.97 Å². The molecule has 6 nitrogen and oxygen atoms in total. The summed E-state index contributed by atoms with van der Waals surface area (Å²) in [5.41, 5.74) is 1.80. The van der Waals surface area contributed by atoms with Crippen molar-refractivity contribution < 1.29 is 23.8 Å². The second-order valence-electron chi connectivity index (χ2n) is 5.33. The fourth-order valence-electron chi connectivity index (χ4n) is 2.23. The van der Waals surface area contributed by atoms with Crippen molar-refractivity contribution in [2.24, 2.45) is 0 Å². The highest BCUT2D eigenvalue weighted by Gasteiger charge is 2.16. The van der Waals surface area contributed by atoms with Crippen molar-refractivity contribution >= 4 is 29.2 Å². The summed E-state index contributed by atoms with van der Waals surface area (Å²) in [7, 11) is 2.84. The van der Waals surface area contributed by atoms with Crippen LogP contribution in [0.25, 0.3) is 0 Å². The molecule has 0 saturated heterocycles. The van der Waals surface area contributed by atoms with Crippen LogP contribution in [0.5, 0.6) is 5.75 Å². The van der Waals surface area contributed by atoms with Gasteiger partial charge < -0.3 is 19.5 Å². The molecule has 1 amide bonds. The SMILES string of the molecule is COCCOc1ccc(NC(=O)c2cccc(CCl)c2)c(C(=O)OC)c1. The Bertz CT molecular complexity index is 778. The van der Waals surface area contributed by atoms with E-state index in [-0.39, 0.29) is 11.5 Å².